The standard InChI is InChI=1S/C54H104O6/c1-5-7-9-11-13-15-16-17-18-19-20-21-22-26-30-33-37-41-45-52(55)58-48-51(60-54(57)47-43-39-35-28-14-12-10-8-6-2)49-59-53(56)46-42-38-34-31-27-24-23-25-29-32-36-40-44-50(3)4/h50-51H,5-49H2,1-4H3/t51-/m1/s1. The molecule has 6 nitrogen and oxygen atoms in total. The van der Waals surface area contributed by atoms with Crippen LogP contribution in [0.4, 0.5) is 0 Å². The molecule has 0 aliphatic heterocycles. The number of carbonyl (C=O) groups is 3. The van der Waals surface area contributed by atoms with Crippen LogP contribution in [0.25, 0.3) is 0 Å². The molecule has 0 aromatic heterocycles. The molecule has 0 unspecified atom stereocenters. The number of rotatable bonds is 49. The Morgan fingerprint density at radius 3 is 0.817 bits per heavy atom. The van der Waals surface area contributed by atoms with Crippen molar-refractivity contribution in [3.63, 3.8) is 0 Å². The largest absolute Gasteiger partial charge is 0.462 e. The molecule has 356 valence electrons. The summed E-state index contributed by atoms with van der Waals surface area (Å²) >= 11 is 0. The third-order valence-electron chi connectivity index (χ3n) is 12.3. The molecule has 0 aromatic rings. The Bertz CT molecular complexity index is 903. The molecule has 0 amide bonds. The summed E-state index contributed by atoms with van der Waals surface area (Å²) in [6.07, 6.45) is 51.0. The SMILES string of the molecule is CCCCCCCCCCCCCCCCCCCCC(=O)OC[C@H](COC(=O)CCCCCCCCCCCCCCC(C)C)OC(=O)CCCCCCCCCCC. The molecule has 60 heavy (non-hydrogen) atoms. The van der Waals surface area contributed by atoms with Crippen LogP contribution in [0, 0.1) is 5.92 Å². The second kappa shape index (κ2) is 48.4. The molecule has 0 bridgehead atoms. The molecular weight excluding hydrogens is 745 g/mol. The number of unbranched alkanes of at least 4 members (excludes halogenated alkanes) is 36. The first-order chi connectivity index (χ1) is 29.4. The lowest BCUT2D eigenvalue weighted by Crippen LogP contribution is -2.30. The number of carbonyl (C=O) groups excluding carboxylic acids is 3. The minimum absolute atomic E-state index is 0.0627. The van der Waals surface area contributed by atoms with Crippen molar-refractivity contribution in [3.8, 4) is 0 Å². The van der Waals surface area contributed by atoms with Crippen LogP contribution >= 0.6 is 0 Å². The molecule has 0 saturated heterocycles. The van der Waals surface area contributed by atoms with Crippen LogP contribution < -0.4 is 0 Å². The summed E-state index contributed by atoms with van der Waals surface area (Å²) in [5.41, 5.74) is 0. The van der Waals surface area contributed by atoms with E-state index in [1.807, 2.05) is 0 Å². The van der Waals surface area contributed by atoms with E-state index in [0.29, 0.717) is 19.3 Å². The topological polar surface area (TPSA) is 78.9 Å². The van der Waals surface area contributed by atoms with Gasteiger partial charge in [0.25, 0.3) is 0 Å². The Kier molecular flexibility index (Phi) is 47.2. The van der Waals surface area contributed by atoms with E-state index in [1.165, 1.54) is 199 Å². The van der Waals surface area contributed by atoms with E-state index >= 15 is 0 Å². The Balaban J connectivity index is 4.21. The summed E-state index contributed by atoms with van der Waals surface area (Å²) in [7, 11) is 0. The smallest absolute Gasteiger partial charge is 0.306 e. The Morgan fingerprint density at radius 2 is 0.550 bits per heavy atom. The Labute approximate surface area is 374 Å². The Hall–Kier alpha value is -1.59. The molecular formula is C54H104O6. The van der Waals surface area contributed by atoms with Gasteiger partial charge in [-0.1, -0.05) is 265 Å². The molecule has 0 aliphatic carbocycles. The van der Waals surface area contributed by atoms with E-state index in [9.17, 15) is 14.4 Å². The highest BCUT2D eigenvalue weighted by Gasteiger charge is 2.19. The van der Waals surface area contributed by atoms with Gasteiger partial charge in [0.15, 0.2) is 6.10 Å². The molecule has 0 aromatic carbocycles. The van der Waals surface area contributed by atoms with Crippen LogP contribution in [-0.2, 0) is 28.6 Å². The van der Waals surface area contributed by atoms with Crippen molar-refractivity contribution in [3.05, 3.63) is 0 Å². The van der Waals surface area contributed by atoms with Crippen molar-refractivity contribution in [2.45, 2.75) is 310 Å². The quantitative estimate of drug-likeness (QED) is 0.0345. The van der Waals surface area contributed by atoms with Gasteiger partial charge in [0.2, 0.25) is 0 Å². The predicted octanol–water partition coefficient (Wildman–Crippen LogP) is 17.5. The van der Waals surface area contributed by atoms with Crippen LogP contribution in [0.2, 0.25) is 0 Å². The molecule has 0 saturated carbocycles. The average Bonchev–Trinajstić information content (AvgIpc) is 3.23. The van der Waals surface area contributed by atoms with E-state index in [4.69, 9.17) is 14.2 Å². The molecule has 6 heteroatoms. The van der Waals surface area contributed by atoms with Gasteiger partial charge in [-0.3, -0.25) is 14.4 Å². The number of hydrogen-bond acceptors (Lipinski definition) is 6. The zero-order valence-corrected chi connectivity index (χ0v) is 40.9. The van der Waals surface area contributed by atoms with Crippen molar-refractivity contribution in [1.29, 1.82) is 0 Å². The molecule has 1 atom stereocenters. The average molecular weight is 849 g/mol. The molecule has 0 heterocycles. The highest BCUT2D eigenvalue weighted by Crippen LogP contribution is 2.17. The Morgan fingerprint density at radius 1 is 0.317 bits per heavy atom. The van der Waals surface area contributed by atoms with Crippen molar-refractivity contribution >= 4 is 17.9 Å². The normalized spacial score (nSPS) is 11.9. The molecule has 0 aliphatic rings. The first-order valence-electron chi connectivity index (χ1n) is 26.9. The van der Waals surface area contributed by atoms with Gasteiger partial charge < -0.3 is 14.2 Å². The van der Waals surface area contributed by atoms with Crippen molar-refractivity contribution in [2.75, 3.05) is 13.2 Å². The lowest BCUT2D eigenvalue weighted by molar-refractivity contribution is -0.167. The molecule has 0 fully saturated rings. The van der Waals surface area contributed by atoms with Crippen molar-refractivity contribution in [2.24, 2.45) is 5.92 Å². The van der Waals surface area contributed by atoms with Gasteiger partial charge in [-0.05, 0) is 25.2 Å². The highest BCUT2D eigenvalue weighted by atomic mass is 16.6. The van der Waals surface area contributed by atoms with Crippen LogP contribution in [0.1, 0.15) is 304 Å². The van der Waals surface area contributed by atoms with Gasteiger partial charge in [-0.25, -0.2) is 0 Å². The van der Waals surface area contributed by atoms with Crippen molar-refractivity contribution < 1.29 is 28.6 Å². The van der Waals surface area contributed by atoms with E-state index in [0.717, 1.165) is 63.7 Å². The van der Waals surface area contributed by atoms with Gasteiger partial charge in [0.05, 0.1) is 0 Å². The first kappa shape index (κ1) is 58.4. The summed E-state index contributed by atoms with van der Waals surface area (Å²) in [4.78, 5) is 37.9. The second-order valence-electron chi connectivity index (χ2n) is 19.0. The van der Waals surface area contributed by atoms with Gasteiger partial charge in [-0.15, -0.1) is 0 Å². The lowest BCUT2D eigenvalue weighted by Gasteiger charge is -2.18. The minimum Gasteiger partial charge on any atom is -0.462 e. The van der Waals surface area contributed by atoms with Crippen LogP contribution in [0.5, 0.6) is 0 Å². The van der Waals surface area contributed by atoms with E-state index in [-0.39, 0.29) is 31.1 Å². The van der Waals surface area contributed by atoms with E-state index in [2.05, 4.69) is 27.7 Å². The number of esters is 3. The van der Waals surface area contributed by atoms with Gasteiger partial charge in [-0.2, -0.15) is 0 Å². The third kappa shape index (κ3) is 47.5. The zero-order valence-electron chi connectivity index (χ0n) is 40.9. The fraction of sp³-hybridized carbons (Fsp3) is 0.944. The van der Waals surface area contributed by atoms with Crippen LogP contribution in [0.3, 0.4) is 0 Å². The van der Waals surface area contributed by atoms with Crippen molar-refractivity contribution in [1.82, 2.24) is 0 Å². The summed E-state index contributed by atoms with van der Waals surface area (Å²) < 4.78 is 16.8. The molecule has 0 rings (SSSR count). The molecule has 0 spiro atoms. The fourth-order valence-electron chi connectivity index (χ4n) is 8.22. The summed E-state index contributed by atoms with van der Waals surface area (Å²) in [5, 5.41) is 0. The fourth-order valence-corrected chi connectivity index (χ4v) is 8.22. The number of hydrogen-bond donors (Lipinski definition) is 0. The number of ether oxygens (including phenoxy) is 3. The first-order valence-corrected chi connectivity index (χ1v) is 26.9. The van der Waals surface area contributed by atoms with Crippen LogP contribution in [0.15, 0.2) is 0 Å². The van der Waals surface area contributed by atoms with E-state index < -0.39 is 6.10 Å². The lowest BCUT2D eigenvalue weighted by atomic mass is 10.0. The maximum Gasteiger partial charge on any atom is 0.306 e. The van der Waals surface area contributed by atoms with Crippen LogP contribution in [-0.4, -0.2) is 37.2 Å². The maximum absolute atomic E-state index is 12.7. The molecule has 0 radical (unpaired) electrons. The second-order valence-corrected chi connectivity index (χ2v) is 19.0. The summed E-state index contributed by atoms with van der Waals surface area (Å²) in [6, 6.07) is 0. The maximum atomic E-state index is 12.7. The van der Waals surface area contributed by atoms with E-state index in [1.54, 1.807) is 0 Å². The van der Waals surface area contributed by atoms with Gasteiger partial charge in [0.1, 0.15) is 13.2 Å². The highest BCUT2D eigenvalue weighted by molar-refractivity contribution is 5.71. The predicted molar refractivity (Wildman–Crippen MR) is 257 cm³/mol. The van der Waals surface area contributed by atoms with Gasteiger partial charge in [0, 0.05) is 19.3 Å². The third-order valence-corrected chi connectivity index (χ3v) is 12.3. The zero-order chi connectivity index (χ0) is 43.8. The minimum atomic E-state index is -0.760. The summed E-state index contributed by atoms with van der Waals surface area (Å²) in [6.45, 7) is 9.02. The molecule has 0 N–H and O–H groups in total. The summed E-state index contributed by atoms with van der Waals surface area (Å²) in [5.74, 6) is -0.0110. The van der Waals surface area contributed by atoms with Gasteiger partial charge >= 0.3 is 17.9 Å². The monoisotopic (exact) mass is 849 g/mol.